The van der Waals surface area contributed by atoms with E-state index in [0.29, 0.717) is 0 Å². The molecule has 1 saturated carbocycles. The molecule has 0 spiro atoms. The number of nitrogens with zero attached hydrogens (tertiary/aromatic N) is 3. The summed E-state index contributed by atoms with van der Waals surface area (Å²) in [4.78, 5) is 31.8. The Hall–Kier alpha value is -1.10. The van der Waals surface area contributed by atoms with Crippen LogP contribution in [0, 0.1) is 0 Å². The van der Waals surface area contributed by atoms with E-state index in [4.69, 9.17) is 0 Å². The van der Waals surface area contributed by atoms with E-state index >= 15 is 0 Å². The zero-order chi connectivity index (χ0) is 14.6. The Labute approximate surface area is 126 Å². The van der Waals surface area contributed by atoms with Gasteiger partial charge in [0, 0.05) is 31.7 Å². The van der Waals surface area contributed by atoms with Gasteiger partial charge in [-0.15, -0.1) is 0 Å². The molecular formula is C16H25N3O2. The van der Waals surface area contributed by atoms with Gasteiger partial charge in [-0.25, -0.2) is 0 Å². The van der Waals surface area contributed by atoms with Gasteiger partial charge in [-0.1, -0.05) is 0 Å². The molecule has 0 bridgehead atoms. The van der Waals surface area contributed by atoms with E-state index in [9.17, 15) is 9.59 Å². The smallest absolute Gasteiger partial charge is 0.246 e. The van der Waals surface area contributed by atoms with Gasteiger partial charge in [0.05, 0.1) is 0 Å². The molecule has 3 aliphatic heterocycles. The van der Waals surface area contributed by atoms with Crippen LogP contribution >= 0.6 is 0 Å². The lowest BCUT2D eigenvalue weighted by Gasteiger charge is -2.48. The maximum Gasteiger partial charge on any atom is 0.246 e. The van der Waals surface area contributed by atoms with E-state index in [1.165, 1.54) is 12.8 Å². The van der Waals surface area contributed by atoms with Crippen molar-refractivity contribution in [2.24, 2.45) is 0 Å². The summed E-state index contributed by atoms with van der Waals surface area (Å²) in [6, 6.07) is 0.571. The molecule has 0 aromatic carbocycles. The molecular weight excluding hydrogens is 266 g/mol. The molecule has 3 atom stereocenters. The predicted molar refractivity (Wildman–Crippen MR) is 78.7 cm³/mol. The molecule has 2 amide bonds. The molecule has 3 heterocycles. The van der Waals surface area contributed by atoms with Gasteiger partial charge in [0.15, 0.2) is 0 Å². The van der Waals surface area contributed by atoms with E-state index in [-0.39, 0.29) is 29.9 Å². The molecule has 5 nitrogen and oxygen atoms in total. The third-order valence-corrected chi connectivity index (χ3v) is 5.75. The van der Waals surface area contributed by atoms with Gasteiger partial charge in [-0.3, -0.25) is 14.5 Å². The molecule has 21 heavy (non-hydrogen) atoms. The van der Waals surface area contributed by atoms with Gasteiger partial charge in [-0.05, 0) is 45.4 Å². The first-order valence-electron chi connectivity index (χ1n) is 8.53. The summed E-state index contributed by atoms with van der Waals surface area (Å²) in [6.45, 7) is 4.76. The van der Waals surface area contributed by atoms with Crippen molar-refractivity contribution in [1.82, 2.24) is 14.7 Å². The van der Waals surface area contributed by atoms with E-state index in [1.807, 2.05) is 16.7 Å². The minimum absolute atomic E-state index is 0.169. The molecule has 3 unspecified atom stereocenters. The first-order chi connectivity index (χ1) is 10.2. The minimum Gasteiger partial charge on any atom is -0.329 e. The second-order valence-corrected chi connectivity index (χ2v) is 7.13. The number of likely N-dealkylation sites (tertiary alicyclic amines) is 1. The van der Waals surface area contributed by atoms with Crippen LogP contribution in [-0.4, -0.2) is 70.3 Å². The Kier molecular flexibility index (Phi) is 3.21. The molecule has 0 N–H and O–H groups in total. The van der Waals surface area contributed by atoms with E-state index in [2.05, 4.69) is 4.90 Å². The van der Waals surface area contributed by atoms with Gasteiger partial charge < -0.3 is 9.80 Å². The Bertz CT molecular complexity index is 462. The molecule has 0 aromatic heterocycles. The van der Waals surface area contributed by atoms with Crippen molar-refractivity contribution in [1.29, 1.82) is 0 Å². The maximum absolute atomic E-state index is 12.9. The SMILES string of the molecule is CC1C(=O)N2CCCCC2C(=O)N1C1CCN(C2CC2)C1. The third-order valence-electron chi connectivity index (χ3n) is 5.75. The van der Waals surface area contributed by atoms with Crippen molar-refractivity contribution in [3.05, 3.63) is 0 Å². The lowest BCUT2D eigenvalue weighted by atomic mass is 9.94. The van der Waals surface area contributed by atoms with Crippen molar-refractivity contribution in [3.8, 4) is 0 Å². The van der Waals surface area contributed by atoms with Crippen LogP contribution in [0.4, 0.5) is 0 Å². The van der Waals surface area contributed by atoms with E-state index in [1.54, 1.807) is 0 Å². The number of fused-ring (bicyclic) bond motifs is 1. The summed E-state index contributed by atoms with van der Waals surface area (Å²) in [5, 5.41) is 0. The number of rotatable bonds is 2. The third kappa shape index (κ3) is 2.17. The predicted octanol–water partition coefficient (Wildman–Crippen LogP) is 0.835. The Balaban J connectivity index is 1.53. The van der Waals surface area contributed by atoms with E-state index in [0.717, 1.165) is 51.4 Å². The zero-order valence-corrected chi connectivity index (χ0v) is 12.8. The van der Waals surface area contributed by atoms with Crippen LogP contribution in [0.25, 0.3) is 0 Å². The lowest BCUT2D eigenvalue weighted by Crippen LogP contribution is -2.67. The summed E-state index contributed by atoms with van der Waals surface area (Å²) in [5.74, 6) is 0.383. The Morgan fingerprint density at radius 2 is 1.71 bits per heavy atom. The quantitative estimate of drug-likeness (QED) is 0.757. The van der Waals surface area contributed by atoms with Crippen LogP contribution in [0.5, 0.6) is 0 Å². The normalized spacial score (nSPS) is 38.0. The number of carbonyl (C=O) groups is 2. The van der Waals surface area contributed by atoms with Gasteiger partial charge in [-0.2, -0.15) is 0 Å². The van der Waals surface area contributed by atoms with Crippen molar-refractivity contribution >= 4 is 11.8 Å². The number of piperazine rings is 1. The molecule has 1 aliphatic carbocycles. The van der Waals surface area contributed by atoms with Crippen LogP contribution in [0.1, 0.15) is 45.4 Å². The fraction of sp³-hybridized carbons (Fsp3) is 0.875. The van der Waals surface area contributed by atoms with E-state index < -0.39 is 0 Å². The summed E-state index contributed by atoms with van der Waals surface area (Å²) in [7, 11) is 0. The van der Waals surface area contributed by atoms with Crippen molar-refractivity contribution in [2.75, 3.05) is 19.6 Å². The summed E-state index contributed by atoms with van der Waals surface area (Å²) < 4.78 is 0. The van der Waals surface area contributed by atoms with Crippen LogP contribution in [0.2, 0.25) is 0 Å². The minimum atomic E-state index is -0.268. The fourth-order valence-electron chi connectivity index (χ4n) is 4.44. The number of amides is 2. The van der Waals surface area contributed by atoms with Gasteiger partial charge in [0.2, 0.25) is 11.8 Å². The van der Waals surface area contributed by atoms with Crippen molar-refractivity contribution < 1.29 is 9.59 Å². The first kappa shape index (κ1) is 13.6. The molecule has 4 fully saturated rings. The molecule has 0 aromatic rings. The number of piperidine rings is 1. The van der Waals surface area contributed by atoms with Gasteiger partial charge >= 0.3 is 0 Å². The molecule has 0 radical (unpaired) electrons. The molecule has 4 rings (SSSR count). The first-order valence-corrected chi connectivity index (χ1v) is 8.53. The van der Waals surface area contributed by atoms with Crippen LogP contribution < -0.4 is 0 Å². The molecule has 116 valence electrons. The lowest BCUT2D eigenvalue weighted by molar-refractivity contribution is -0.165. The van der Waals surface area contributed by atoms with Crippen molar-refractivity contribution in [2.45, 2.75) is 69.6 Å². The van der Waals surface area contributed by atoms with Crippen LogP contribution in [0.3, 0.4) is 0 Å². The fourth-order valence-corrected chi connectivity index (χ4v) is 4.44. The highest BCUT2D eigenvalue weighted by atomic mass is 16.2. The Morgan fingerprint density at radius 3 is 2.48 bits per heavy atom. The number of carbonyl (C=O) groups excluding carboxylic acids is 2. The standard InChI is InChI=1S/C16H25N3O2/c1-11-15(20)18-8-3-2-4-14(18)16(21)19(11)13-7-9-17(10-13)12-5-6-12/h11-14H,2-10H2,1H3. The monoisotopic (exact) mass is 291 g/mol. The van der Waals surface area contributed by atoms with Gasteiger partial charge in [0.1, 0.15) is 12.1 Å². The highest BCUT2D eigenvalue weighted by Gasteiger charge is 2.48. The zero-order valence-electron chi connectivity index (χ0n) is 12.8. The summed E-state index contributed by atoms with van der Waals surface area (Å²) >= 11 is 0. The average molecular weight is 291 g/mol. The van der Waals surface area contributed by atoms with Gasteiger partial charge in [0.25, 0.3) is 0 Å². The highest BCUT2D eigenvalue weighted by molar-refractivity contribution is 5.97. The molecule has 5 heteroatoms. The van der Waals surface area contributed by atoms with Crippen LogP contribution in [0.15, 0.2) is 0 Å². The summed E-state index contributed by atoms with van der Waals surface area (Å²) in [6.07, 6.45) is 6.62. The molecule has 3 saturated heterocycles. The average Bonchev–Trinajstić information content (AvgIpc) is 3.24. The van der Waals surface area contributed by atoms with Crippen LogP contribution in [-0.2, 0) is 9.59 Å². The Morgan fingerprint density at radius 1 is 0.905 bits per heavy atom. The second kappa shape index (κ2) is 4.97. The van der Waals surface area contributed by atoms with Crippen molar-refractivity contribution in [3.63, 3.8) is 0 Å². The number of hydrogen-bond donors (Lipinski definition) is 0. The number of hydrogen-bond acceptors (Lipinski definition) is 3. The maximum atomic E-state index is 12.9. The summed E-state index contributed by atoms with van der Waals surface area (Å²) in [5.41, 5.74) is 0. The topological polar surface area (TPSA) is 43.9 Å². The second-order valence-electron chi connectivity index (χ2n) is 7.13. The highest BCUT2D eigenvalue weighted by Crippen LogP contribution is 2.34. The largest absolute Gasteiger partial charge is 0.329 e. The molecule has 4 aliphatic rings.